The standard InChI is InChI=1S/C25H23N3O6/c1-33-23-10-20-21(26-12-19-9-17-4-2-3-5-22(17)27(19)25(20)30)11-24(23)34-14-16-6-15(13-29)7-18(8-16)28(31)32/h2-8,10-11,19,26,29H,9,12-14H2,1H3. The number of amides is 1. The summed E-state index contributed by atoms with van der Waals surface area (Å²) in [4.78, 5) is 26.0. The Kier molecular flexibility index (Phi) is 5.54. The zero-order chi connectivity index (χ0) is 23.8. The number of fused-ring (bicyclic) bond motifs is 4. The summed E-state index contributed by atoms with van der Waals surface area (Å²) < 4.78 is 11.5. The Morgan fingerprint density at radius 3 is 2.71 bits per heavy atom. The van der Waals surface area contributed by atoms with E-state index in [4.69, 9.17) is 9.47 Å². The third kappa shape index (κ3) is 3.80. The number of aliphatic hydroxyl groups is 1. The lowest BCUT2D eigenvalue weighted by molar-refractivity contribution is -0.385. The SMILES string of the molecule is COc1cc2c(cc1OCc1cc(CO)cc([N+](=O)[O-])c1)NCC1Cc3ccccc3N1C2=O. The monoisotopic (exact) mass is 461 g/mol. The summed E-state index contributed by atoms with van der Waals surface area (Å²) in [5, 5.41) is 24.0. The zero-order valence-electron chi connectivity index (χ0n) is 18.5. The van der Waals surface area contributed by atoms with Crippen LogP contribution in [0.25, 0.3) is 0 Å². The lowest BCUT2D eigenvalue weighted by Crippen LogP contribution is -2.39. The number of carbonyl (C=O) groups is 1. The van der Waals surface area contributed by atoms with Crippen LogP contribution < -0.4 is 19.7 Å². The number of anilines is 2. The molecule has 0 bridgehead atoms. The van der Waals surface area contributed by atoms with Gasteiger partial charge in [0.25, 0.3) is 11.6 Å². The Hall–Kier alpha value is -4.11. The summed E-state index contributed by atoms with van der Waals surface area (Å²) in [5.74, 6) is 0.680. The van der Waals surface area contributed by atoms with E-state index in [0.717, 1.165) is 17.7 Å². The predicted octanol–water partition coefficient (Wildman–Crippen LogP) is 3.67. The number of aliphatic hydroxyl groups excluding tert-OH is 1. The molecule has 2 aliphatic heterocycles. The number of rotatable bonds is 6. The van der Waals surface area contributed by atoms with Crippen LogP contribution in [0, 0.1) is 10.1 Å². The Balaban J connectivity index is 1.45. The molecule has 1 atom stereocenters. The van der Waals surface area contributed by atoms with Gasteiger partial charge in [0, 0.05) is 30.4 Å². The topological polar surface area (TPSA) is 114 Å². The quantitative estimate of drug-likeness (QED) is 0.425. The highest BCUT2D eigenvalue weighted by molar-refractivity contribution is 6.12. The molecule has 0 saturated carbocycles. The van der Waals surface area contributed by atoms with Gasteiger partial charge in [-0.05, 0) is 41.3 Å². The molecule has 0 spiro atoms. The van der Waals surface area contributed by atoms with Crippen LogP contribution in [-0.4, -0.2) is 35.6 Å². The van der Waals surface area contributed by atoms with Gasteiger partial charge in [0.1, 0.15) is 6.61 Å². The van der Waals surface area contributed by atoms with Gasteiger partial charge in [-0.1, -0.05) is 18.2 Å². The number of benzene rings is 3. The van der Waals surface area contributed by atoms with E-state index in [2.05, 4.69) is 5.32 Å². The molecule has 0 aliphatic carbocycles. The molecule has 9 heteroatoms. The fourth-order valence-electron chi connectivity index (χ4n) is 4.60. The lowest BCUT2D eigenvalue weighted by Gasteiger charge is -2.22. The normalized spacial score (nSPS) is 16.1. The highest BCUT2D eigenvalue weighted by atomic mass is 16.6. The summed E-state index contributed by atoms with van der Waals surface area (Å²) in [6.07, 6.45) is 0.781. The zero-order valence-corrected chi connectivity index (χ0v) is 18.5. The minimum atomic E-state index is -0.508. The van der Waals surface area contributed by atoms with E-state index in [1.807, 2.05) is 29.2 Å². The molecule has 5 rings (SSSR count). The van der Waals surface area contributed by atoms with E-state index >= 15 is 0 Å². The van der Waals surface area contributed by atoms with Crippen LogP contribution in [0.4, 0.5) is 17.1 Å². The highest BCUT2D eigenvalue weighted by Crippen LogP contribution is 2.40. The Morgan fingerprint density at radius 1 is 1.15 bits per heavy atom. The first-order valence-corrected chi connectivity index (χ1v) is 10.9. The van der Waals surface area contributed by atoms with Crippen molar-refractivity contribution < 1.29 is 24.3 Å². The van der Waals surface area contributed by atoms with Gasteiger partial charge in [-0.3, -0.25) is 14.9 Å². The van der Waals surface area contributed by atoms with Crippen LogP contribution in [0.2, 0.25) is 0 Å². The van der Waals surface area contributed by atoms with Gasteiger partial charge < -0.3 is 24.8 Å². The number of para-hydroxylation sites is 1. The van der Waals surface area contributed by atoms with Crippen molar-refractivity contribution in [1.29, 1.82) is 0 Å². The smallest absolute Gasteiger partial charge is 0.270 e. The van der Waals surface area contributed by atoms with Gasteiger partial charge in [-0.2, -0.15) is 0 Å². The van der Waals surface area contributed by atoms with Crippen LogP contribution in [-0.2, 0) is 19.6 Å². The molecule has 9 nitrogen and oxygen atoms in total. The van der Waals surface area contributed by atoms with Gasteiger partial charge in [-0.25, -0.2) is 0 Å². The first kappa shape index (κ1) is 21.7. The van der Waals surface area contributed by atoms with E-state index in [-0.39, 0.29) is 30.9 Å². The minimum absolute atomic E-state index is 0.00874. The molecule has 3 aromatic rings. The van der Waals surface area contributed by atoms with Crippen molar-refractivity contribution in [1.82, 2.24) is 0 Å². The first-order valence-electron chi connectivity index (χ1n) is 10.9. The van der Waals surface area contributed by atoms with Crippen molar-refractivity contribution in [2.75, 3.05) is 23.9 Å². The van der Waals surface area contributed by atoms with Gasteiger partial charge in [0.2, 0.25) is 0 Å². The fourth-order valence-corrected chi connectivity index (χ4v) is 4.60. The number of nitro benzene ring substituents is 1. The number of nitrogens with one attached hydrogen (secondary N) is 1. The number of nitrogens with zero attached hydrogens (tertiary/aromatic N) is 2. The van der Waals surface area contributed by atoms with E-state index < -0.39 is 4.92 Å². The van der Waals surface area contributed by atoms with Crippen molar-refractivity contribution in [3.63, 3.8) is 0 Å². The van der Waals surface area contributed by atoms with E-state index in [1.54, 1.807) is 18.2 Å². The number of carbonyl (C=O) groups excluding carboxylic acids is 1. The molecule has 2 aliphatic rings. The first-order chi connectivity index (χ1) is 16.5. The van der Waals surface area contributed by atoms with Crippen LogP contribution in [0.5, 0.6) is 11.5 Å². The summed E-state index contributed by atoms with van der Waals surface area (Å²) in [5.41, 5.74) is 4.05. The molecule has 2 N–H and O–H groups in total. The van der Waals surface area contributed by atoms with Gasteiger partial charge in [-0.15, -0.1) is 0 Å². The molecule has 0 saturated heterocycles. The second-order valence-electron chi connectivity index (χ2n) is 8.30. The van der Waals surface area contributed by atoms with Crippen molar-refractivity contribution in [3.05, 3.63) is 87.0 Å². The average molecular weight is 461 g/mol. The van der Waals surface area contributed by atoms with Gasteiger partial charge in [0.15, 0.2) is 11.5 Å². The molecule has 0 aromatic heterocycles. The average Bonchev–Trinajstić information content (AvgIpc) is 3.17. The van der Waals surface area contributed by atoms with Gasteiger partial charge in [0.05, 0.1) is 35.9 Å². The fraction of sp³-hybridized carbons (Fsp3) is 0.240. The van der Waals surface area contributed by atoms with Crippen LogP contribution >= 0.6 is 0 Å². The van der Waals surface area contributed by atoms with E-state index in [1.165, 1.54) is 19.2 Å². The maximum atomic E-state index is 13.5. The maximum absolute atomic E-state index is 13.5. The number of nitro groups is 1. The van der Waals surface area contributed by atoms with Crippen LogP contribution in [0.1, 0.15) is 27.0 Å². The molecular weight excluding hydrogens is 438 g/mol. The third-order valence-corrected chi connectivity index (χ3v) is 6.18. The number of ether oxygens (including phenoxy) is 2. The molecule has 0 fully saturated rings. The summed E-state index contributed by atoms with van der Waals surface area (Å²) in [6, 6.07) is 15.7. The summed E-state index contributed by atoms with van der Waals surface area (Å²) in [6.45, 7) is 0.299. The third-order valence-electron chi connectivity index (χ3n) is 6.18. The lowest BCUT2D eigenvalue weighted by atomic mass is 10.1. The number of hydrogen-bond acceptors (Lipinski definition) is 7. The number of non-ortho nitro benzene ring substituents is 1. The second-order valence-corrected chi connectivity index (χ2v) is 8.30. The molecule has 0 radical (unpaired) electrons. The Bertz CT molecular complexity index is 1290. The molecule has 1 unspecified atom stereocenters. The Morgan fingerprint density at radius 2 is 1.94 bits per heavy atom. The van der Waals surface area contributed by atoms with Crippen molar-refractivity contribution in [2.24, 2.45) is 0 Å². The van der Waals surface area contributed by atoms with E-state index in [0.29, 0.717) is 40.4 Å². The van der Waals surface area contributed by atoms with Crippen molar-refractivity contribution in [3.8, 4) is 11.5 Å². The molecule has 34 heavy (non-hydrogen) atoms. The van der Waals surface area contributed by atoms with Crippen molar-refractivity contribution in [2.45, 2.75) is 25.7 Å². The molecule has 1 amide bonds. The van der Waals surface area contributed by atoms with Crippen molar-refractivity contribution >= 4 is 23.0 Å². The largest absolute Gasteiger partial charge is 0.493 e. The number of methoxy groups -OCH3 is 1. The molecule has 174 valence electrons. The summed E-state index contributed by atoms with van der Waals surface area (Å²) >= 11 is 0. The molecule has 2 heterocycles. The van der Waals surface area contributed by atoms with E-state index in [9.17, 15) is 20.0 Å². The second kappa shape index (κ2) is 8.68. The molecule has 3 aromatic carbocycles. The van der Waals surface area contributed by atoms with Crippen LogP contribution in [0.3, 0.4) is 0 Å². The predicted molar refractivity (Wildman–Crippen MR) is 126 cm³/mol. The summed E-state index contributed by atoms with van der Waals surface area (Å²) in [7, 11) is 1.49. The molecular formula is C25H23N3O6. The highest BCUT2D eigenvalue weighted by Gasteiger charge is 2.37. The van der Waals surface area contributed by atoms with Gasteiger partial charge >= 0.3 is 0 Å². The maximum Gasteiger partial charge on any atom is 0.270 e. The number of hydrogen-bond donors (Lipinski definition) is 2. The van der Waals surface area contributed by atoms with Crippen LogP contribution in [0.15, 0.2) is 54.6 Å². The minimum Gasteiger partial charge on any atom is -0.493 e. The Labute approximate surface area is 195 Å².